The molecule has 0 radical (unpaired) electrons. The summed E-state index contributed by atoms with van der Waals surface area (Å²) in [4.78, 5) is 15.0. The van der Waals surface area contributed by atoms with E-state index in [0.29, 0.717) is 11.7 Å². The van der Waals surface area contributed by atoms with Crippen LogP contribution < -0.4 is 0 Å². The molecule has 1 N–H and O–H groups in total. The smallest absolute Gasteiger partial charge is 0.307 e. The normalized spacial score (nSPS) is 16.5. The minimum Gasteiger partial charge on any atom is -0.481 e. The molecule has 1 heterocycles. The van der Waals surface area contributed by atoms with Crippen LogP contribution in [0.25, 0.3) is 0 Å². The van der Waals surface area contributed by atoms with Crippen molar-refractivity contribution in [2.45, 2.75) is 39.2 Å². The van der Waals surface area contributed by atoms with E-state index in [1.54, 1.807) is 21.0 Å². The standard InChI is InChI=1S/C11H18N2O4/c1-5-8(16-4)9-12-10(17-13-9)6(2)7(3)11(14)15/h6-8H,5H2,1-4H3,(H,14,15). The van der Waals surface area contributed by atoms with Crippen LogP contribution in [0.3, 0.4) is 0 Å². The predicted molar refractivity (Wildman–Crippen MR) is 59.6 cm³/mol. The van der Waals surface area contributed by atoms with Crippen LogP contribution in [0, 0.1) is 5.92 Å². The molecule has 0 fully saturated rings. The quantitative estimate of drug-likeness (QED) is 0.821. The summed E-state index contributed by atoms with van der Waals surface area (Å²) in [6, 6.07) is 0. The largest absolute Gasteiger partial charge is 0.481 e. The Morgan fingerprint density at radius 3 is 2.65 bits per heavy atom. The number of nitrogens with zero attached hydrogens (tertiary/aromatic N) is 2. The molecule has 1 aromatic rings. The van der Waals surface area contributed by atoms with Gasteiger partial charge in [0.05, 0.1) is 5.92 Å². The Bertz CT molecular complexity index is 373. The summed E-state index contributed by atoms with van der Waals surface area (Å²) in [5.74, 6) is -0.954. The van der Waals surface area contributed by atoms with E-state index in [2.05, 4.69) is 10.1 Å². The Balaban J connectivity index is 2.83. The van der Waals surface area contributed by atoms with Crippen molar-refractivity contribution in [1.82, 2.24) is 10.1 Å². The molecule has 1 aromatic heterocycles. The molecular formula is C11H18N2O4. The number of rotatable bonds is 6. The number of methoxy groups -OCH3 is 1. The highest BCUT2D eigenvalue weighted by Crippen LogP contribution is 2.25. The predicted octanol–water partition coefficient (Wildman–Crippen LogP) is 1.99. The van der Waals surface area contributed by atoms with Crippen molar-refractivity contribution in [3.8, 4) is 0 Å². The first-order valence-electron chi connectivity index (χ1n) is 5.60. The second kappa shape index (κ2) is 5.77. The molecule has 0 saturated heterocycles. The van der Waals surface area contributed by atoms with Gasteiger partial charge in [-0.1, -0.05) is 25.9 Å². The highest BCUT2D eigenvalue weighted by molar-refractivity contribution is 5.70. The van der Waals surface area contributed by atoms with Gasteiger partial charge in [-0.2, -0.15) is 4.98 Å². The Labute approximate surface area is 100.0 Å². The third kappa shape index (κ3) is 3.03. The maximum atomic E-state index is 10.9. The third-order valence-corrected chi connectivity index (χ3v) is 2.93. The van der Waals surface area contributed by atoms with Gasteiger partial charge in [0.25, 0.3) is 0 Å². The molecule has 3 unspecified atom stereocenters. The van der Waals surface area contributed by atoms with Crippen molar-refractivity contribution in [2.24, 2.45) is 5.92 Å². The van der Waals surface area contributed by atoms with Crippen molar-refractivity contribution in [3.05, 3.63) is 11.7 Å². The van der Waals surface area contributed by atoms with Gasteiger partial charge in [-0.15, -0.1) is 0 Å². The lowest BCUT2D eigenvalue weighted by Crippen LogP contribution is -2.17. The lowest BCUT2D eigenvalue weighted by atomic mass is 9.96. The Morgan fingerprint density at radius 2 is 2.18 bits per heavy atom. The fourth-order valence-electron chi connectivity index (χ4n) is 1.45. The highest BCUT2D eigenvalue weighted by atomic mass is 16.5. The maximum Gasteiger partial charge on any atom is 0.307 e. The van der Waals surface area contributed by atoms with Crippen molar-refractivity contribution < 1.29 is 19.2 Å². The van der Waals surface area contributed by atoms with Gasteiger partial charge in [0.1, 0.15) is 6.10 Å². The number of carboxylic acids is 1. The summed E-state index contributed by atoms with van der Waals surface area (Å²) in [6.07, 6.45) is 0.526. The average molecular weight is 242 g/mol. The second-order valence-electron chi connectivity index (χ2n) is 4.04. The van der Waals surface area contributed by atoms with Gasteiger partial charge in [0, 0.05) is 13.0 Å². The summed E-state index contributed by atoms with van der Waals surface area (Å²) >= 11 is 0. The van der Waals surface area contributed by atoms with E-state index in [0.717, 1.165) is 6.42 Å². The molecule has 6 nitrogen and oxygen atoms in total. The molecule has 0 aromatic carbocycles. The second-order valence-corrected chi connectivity index (χ2v) is 4.04. The fraction of sp³-hybridized carbons (Fsp3) is 0.727. The average Bonchev–Trinajstić information content (AvgIpc) is 2.78. The minimum absolute atomic E-state index is 0.208. The molecule has 0 saturated carbocycles. The molecule has 0 aliphatic rings. The number of aliphatic carboxylic acids is 1. The van der Waals surface area contributed by atoms with Crippen LogP contribution >= 0.6 is 0 Å². The van der Waals surface area contributed by atoms with E-state index in [4.69, 9.17) is 14.4 Å². The summed E-state index contributed by atoms with van der Waals surface area (Å²) in [5.41, 5.74) is 0. The zero-order valence-electron chi connectivity index (χ0n) is 10.5. The summed E-state index contributed by atoms with van der Waals surface area (Å²) in [5, 5.41) is 12.7. The molecule has 0 spiro atoms. The minimum atomic E-state index is -0.879. The molecule has 6 heteroatoms. The lowest BCUT2D eigenvalue weighted by Gasteiger charge is -2.10. The monoisotopic (exact) mass is 242 g/mol. The summed E-state index contributed by atoms with van der Waals surface area (Å²) in [7, 11) is 1.58. The number of hydrogen-bond donors (Lipinski definition) is 1. The Kier molecular flexibility index (Phi) is 4.62. The van der Waals surface area contributed by atoms with Crippen LogP contribution in [0.5, 0.6) is 0 Å². The van der Waals surface area contributed by atoms with Crippen LogP contribution in [0.15, 0.2) is 4.52 Å². The van der Waals surface area contributed by atoms with Gasteiger partial charge < -0.3 is 14.4 Å². The first-order chi connectivity index (χ1) is 8.01. The molecule has 1 rings (SSSR count). The Hall–Kier alpha value is -1.43. The van der Waals surface area contributed by atoms with Crippen LogP contribution in [0.2, 0.25) is 0 Å². The first kappa shape index (κ1) is 13.6. The third-order valence-electron chi connectivity index (χ3n) is 2.93. The summed E-state index contributed by atoms with van der Waals surface area (Å²) in [6.45, 7) is 5.32. The van der Waals surface area contributed by atoms with Gasteiger partial charge in [0.15, 0.2) is 0 Å². The summed E-state index contributed by atoms with van der Waals surface area (Å²) < 4.78 is 10.3. The van der Waals surface area contributed by atoms with Gasteiger partial charge >= 0.3 is 5.97 Å². The van der Waals surface area contributed by atoms with E-state index in [1.807, 2.05) is 6.92 Å². The molecule has 17 heavy (non-hydrogen) atoms. The number of carboxylic acid groups (broad SMARTS) is 1. The van der Waals surface area contributed by atoms with Crippen LogP contribution in [0.1, 0.15) is 50.9 Å². The lowest BCUT2D eigenvalue weighted by molar-refractivity contribution is -0.141. The number of carbonyl (C=O) groups is 1. The van der Waals surface area contributed by atoms with Gasteiger partial charge in [-0.3, -0.25) is 4.79 Å². The maximum absolute atomic E-state index is 10.9. The number of aromatic nitrogens is 2. The van der Waals surface area contributed by atoms with E-state index in [-0.39, 0.29) is 12.0 Å². The number of ether oxygens (including phenoxy) is 1. The van der Waals surface area contributed by atoms with Gasteiger partial charge in [-0.25, -0.2) is 0 Å². The molecule has 0 bridgehead atoms. The van der Waals surface area contributed by atoms with Crippen LogP contribution in [-0.4, -0.2) is 28.3 Å². The van der Waals surface area contributed by atoms with Gasteiger partial charge in [0.2, 0.25) is 11.7 Å². The van der Waals surface area contributed by atoms with Crippen molar-refractivity contribution >= 4 is 5.97 Å². The molecular weight excluding hydrogens is 224 g/mol. The molecule has 0 amide bonds. The SMILES string of the molecule is CCC(OC)c1noc(C(C)C(C)C(=O)O)n1. The fourth-order valence-corrected chi connectivity index (χ4v) is 1.45. The van der Waals surface area contributed by atoms with E-state index < -0.39 is 11.9 Å². The van der Waals surface area contributed by atoms with E-state index >= 15 is 0 Å². The van der Waals surface area contributed by atoms with Gasteiger partial charge in [-0.05, 0) is 6.42 Å². The zero-order valence-corrected chi connectivity index (χ0v) is 10.5. The van der Waals surface area contributed by atoms with Crippen molar-refractivity contribution in [2.75, 3.05) is 7.11 Å². The molecule has 0 aliphatic heterocycles. The van der Waals surface area contributed by atoms with E-state index in [9.17, 15) is 4.79 Å². The highest BCUT2D eigenvalue weighted by Gasteiger charge is 2.27. The Morgan fingerprint density at radius 1 is 1.53 bits per heavy atom. The zero-order chi connectivity index (χ0) is 13.0. The topological polar surface area (TPSA) is 85.5 Å². The van der Waals surface area contributed by atoms with Crippen LogP contribution in [0.4, 0.5) is 0 Å². The van der Waals surface area contributed by atoms with E-state index in [1.165, 1.54) is 0 Å². The first-order valence-corrected chi connectivity index (χ1v) is 5.60. The van der Waals surface area contributed by atoms with Crippen molar-refractivity contribution in [1.29, 1.82) is 0 Å². The molecule has 96 valence electrons. The van der Waals surface area contributed by atoms with Crippen LogP contribution in [-0.2, 0) is 9.53 Å². The number of hydrogen-bond acceptors (Lipinski definition) is 5. The molecule has 3 atom stereocenters. The molecule has 0 aliphatic carbocycles. The van der Waals surface area contributed by atoms with Crippen molar-refractivity contribution in [3.63, 3.8) is 0 Å².